The zero-order chi connectivity index (χ0) is 18.9. The van der Waals surface area contributed by atoms with Crippen molar-refractivity contribution in [1.82, 2.24) is 0 Å². The predicted octanol–water partition coefficient (Wildman–Crippen LogP) is 3.14. The van der Waals surface area contributed by atoms with E-state index in [9.17, 15) is 14.7 Å². The second kappa shape index (κ2) is 9.82. The minimum atomic E-state index is -1.11. The number of hydrogen-bond donors (Lipinski definition) is 0. The van der Waals surface area contributed by atoms with Crippen LogP contribution in [0.3, 0.4) is 0 Å². The Balaban J connectivity index is 2.11. The lowest BCUT2D eigenvalue weighted by molar-refractivity contribution is -0.301. The molecule has 2 rings (SSSR count). The molecule has 0 bridgehead atoms. The molecule has 2 aromatic rings. The van der Waals surface area contributed by atoms with Gasteiger partial charge in [0.1, 0.15) is 5.75 Å². The Bertz CT molecular complexity index is 794. The third-order valence-corrected chi connectivity index (χ3v) is 4.81. The minimum absolute atomic E-state index is 0.102. The summed E-state index contributed by atoms with van der Waals surface area (Å²) in [7, 11) is 1.55. The molecule has 0 radical (unpaired) electrons. The van der Waals surface area contributed by atoms with Crippen LogP contribution in [0.5, 0.6) is 5.75 Å². The largest absolute Gasteiger partial charge is 0.549 e. The van der Waals surface area contributed by atoms with Gasteiger partial charge in [0.15, 0.2) is 5.78 Å². The molecule has 26 heavy (non-hydrogen) atoms. The first kappa shape index (κ1) is 19.8. The molecular formula is C21H21O4S-. The predicted molar refractivity (Wildman–Crippen MR) is 103 cm³/mol. The van der Waals surface area contributed by atoms with Crippen molar-refractivity contribution in [1.29, 1.82) is 0 Å². The average Bonchev–Trinajstić information content (AvgIpc) is 2.66. The molecule has 0 atom stereocenters. The van der Waals surface area contributed by atoms with Crippen LogP contribution in [0.1, 0.15) is 34.0 Å². The maximum atomic E-state index is 12.4. The fourth-order valence-electron chi connectivity index (χ4n) is 2.42. The number of ketones is 1. The van der Waals surface area contributed by atoms with Crippen LogP contribution in [0, 0.1) is 0 Å². The van der Waals surface area contributed by atoms with E-state index in [0.29, 0.717) is 17.1 Å². The minimum Gasteiger partial charge on any atom is -0.549 e. The molecule has 0 saturated carbocycles. The number of carbonyl (C=O) groups excluding carboxylic acids is 2. The molecule has 0 saturated heterocycles. The molecule has 5 heteroatoms. The highest BCUT2D eigenvalue weighted by atomic mass is 32.2. The number of benzene rings is 2. The summed E-state index contributed by atoms with van der Waals surface area (Å²) in [6.45, 7) is 2.10. The Hall–Kier alpha value is -2.53. The molecule has 0 unspecified atom stereocenters. The quantitative estimate of drug-likeness (QED) is 0.502. The summed E-state index contributed by atoms with van der Waals surface area (Å²) in [6, 6.07) is 13.2. The van der Waals surface area contributed by atoms with Gasteiger partial charge in [0.2, 0.25) is 0 Å². The highest BCUT2D eigenvalue weighted by Gasteiger charge is 2.09. The first-order valence-corrected chi connectivity index (χ1v) is 9.44. The summed E-state index contributed by atoms with van der Waals surface area (Å²) in [5, 5.41) is 10.6. The fourth-order valence-corrected chi connectivity index (χ4v) is 3.14. The van der Waals surface area contributed by atoms with Gasteiger partial charge in [-0.15, -0.1) is 0 Å². The molecule has 0 amide bonds. The van der Waals surface area contributed by atoms with E-state index in [4.69, 9.17) is 4.74 Å². The molecule has 0 heterocycles. The van der Waals surface area contributed by atoms with Gasteiger partial charge in [-0.25, -0.2) is 0 Å². The molecule has 0 fully saturated rings. The van der Waals surface area contributed by atoms with Crippen LogP contribution in [-0.2, 0) is 17.0 Å². The van der Waals surface area contributed by atoms with Crippen LogP contribution in [0.15, 0.2) is 48.5 Å². The van der Waals surface area contributed by atoms with Crippen LogP contribution in [0.2, 0.25) is 0 Å². The van der Waals surface area contributed by atoms with Crippen LogP contribution < -0.4 is 9.84 Å². The SMILES string of the molecule is CCc1ccc(/C=C/C(=O)c2ccc(OC)c(CSCC(=O)[O-])c2)cc1. The molecule has 0 spiro atoms. The first-order chi connectivity index (χ1) is 12.5. The molecule has 2 aromatic carbocycles. The van der Waals surface area contributed by atoms with Gasteiger partial charge >= 0.3 is 0 Å². The summed E-state index contributed by atoms with van der Waals surface area (Å²) < 4.78 is 5.28. The van der Waals surface area contributed by atoms with E-state index in [1.807, 2.05) is 24.3 Å². The number of aryl methyl sites for hydroxylation is 1. The zero-order valence-electron chi connectivity index (χ0n) is 14.9. The Morgan fingerprint density at radius 2 is 1.88 bits per heavy atom. The smallest absolute Gasteiger partial charge is 0.185 e. The van der Waals surface area contributed by atoms with E-state index >= 15 is 0 Å². The average molecular weight is 369 g/mol. The lowest BCUT2D eigenvalue weighted by atomic mass is 10.0. The van der Waals surface area contributed by atoms with Gasteiger partial charge in [0, 0.05) is 22.6 Å². The van der Waals surface area contributed by atoms with Gasteiger partial charge in [0.05, 0.1) is 13.1 Å². The highest BCUT2D eigenvalue weighted by molar-refractivity contribution is 7.99. The van der Waals surface area contributed by atoms with Crippen LogP contribution >= 0.6 is 11.8 Å². The number of aliphatic carboxylic acids is 1. The van der Waals surface area contributed by atoms with E-state index in [-0.39, 0.29) is 11.5 Å². The third kappa shape index (κ3) is 5.77. The number of allylic oxidation sites excluding steroid dienone is 1. The number of carbonyl (C=O) groups is 2. The normalized spacial score (nSPS) is 10.8. The van der Waals surface area contributed by atoms with E-state index in [1.165, 1.54) is 17.3 Å². The number of methoxy groups -OCH3 is 1. The van der Waals surface area contributed by atoms with Crippen molar-refractivity contribution in [2.24, 2.45) is 0 Å². The fraction of sp³-hybridized carbons (Fsp3) is 0.238. The molecule has 136 valence electrons. The van der Waals surface area contributed by atoms with Gasteiger partial charge < -0.3 is 14.6 Å². The number of ether oxygens (including phenoxy) is 1. The van der Waals surface area contributed by atoms with E-state index < -0.39 is 5.97 Å². The summed E-state index contributed by atoms with van der Waals surface area (Å²) in [5.74, 6) is -0.266. The number of hydrogen-bond acceptors (Lipinski definition) is 5. The van der Waals surface area contributed by atoms with E-state index in [0.717, 1.165) is 17.5 Å². The Kier molecular flexibility index (Phi) is 7.48. The zero-order valence-corrected chi connectivity index (χ0v) is 15.7. The third-order valence-electron chi connectivity index (χ3n) is 3.86. The Morgan fingerprint density at radius 1 is 1.15 bits per heavy atom. The number of carboxylic acid groups (broad SMARTS) is 1. The summed E-state index contributed by atoms with van der Waals surface area (Å²) in [6.07, 6.45) is 4.31. The summed E-state index contributed by atoms with van der Waals surface area (Å²) in [5.41, 5.74) is 3.54. The molecular weight excluding hydrogens is 348 g/mol. The molecule has 0 aliphatic carbocycles. The van der Waals surface area contributed by atoms with Gasteiger partial charge in [-0.2, -0.15) is 11.8 Å². The van der Waals surface area contributed by atoms with Crippen molar-refractivity contribution in [3.63, 3.8) is 0 Å². The first-order valence-electron chi connectivity index (χ1n) is 8.29. The van der Waals surface area contributed by atoms with E-state index in [2.05, 4.69) is 6.92 Å². The topological polar surface area (TPSA) is 66.4 Å². The van der Waals surface area contributed by atoms with Crippen LogP contribution in [-0.4, -0.2) is 24.6 Å². The molecule has 0 N–H and O–H groups in total. The monoisotopic (exact) mass is 369 g/mol. The van der Waals surface area contributed by atoms with Gasteiger partial charge in [-0.3, -0.25) is 4.79 Å². The molecule has 0 aromatic heterocycles. The summed E-state index contributed by atoms with van der Waals surface area (Å²) in [4.78, 5) is 23.0. The Labute approximate surface area is 157 Å². The van der Waals surface area contributed by atoms with E-state index in [1.54, 1.807) is 37.5 Å². The lowest BCUT2D eigenvalue weighted by Crippen LogP contribution is -2.24. The van der Waals surface area contributed by atoms with Crippen molar-refractivity contribution in [3.05, 3.63) is 70.8 Å². The van der Waals surface area contributed by atoms with Crippen molar-refractivity contribution in [3.8, 4) is 5.75 Å². The van der Waals surface area contributed by atoms with Crippen LogP contribution in [0.25, 0.3) is 6.08 Å². The maximum Gasteiger partial charge on any atom is 0.185 e. The second-order valence-electron chi connectivity index (χ2n) is 5.68. The van der Waals surface area contributed by atoms with Gasteiger partial charge in [-0.05, 0) is 41.8 Å². The standard InChI is InChI=1S/C21H22O4S/c1-3-15-4-6-16(7-5-15)8-10-19(22)17-9-11-20(25-2)18(12-17)13-26-14-21(23)24/h4-12H,3,13-14H2,1-2H3,(H,23,24)/p-1/b10-8+. The highest BCUT2D eigenvalue weighted by Crippen LogP contribution is 2.25. The van der Waals surface area contributed by atoms with Gasteiger partial charge in [0.25, 0.3) is 0 Å². The Morgan fingerprint density at radius 3 is 2.50 bits per heavy atom. The maximum absolute atomic E-state index is 12.4. The van der Waals surface area contributed by atoms with Crippen molar-refractivity contribution >= 4 is 29.6 Å². The van der Waals surface area contributed by atoms with Gasteiger partial charge in [-0.1, -0.05) is 37.3 Å². The number of thioether (sulfide) groups is 1. The summed E-state index contributed by atoms with van der Waals surface area (Å²) >= 11 is 1.21. The number of rotatable bonds is 9. The van der Waals surface area contributed by atoms with Crippen molar-refractivity contribution in [2.75, 3.05) is 12.9 Å². The molecule has 4 nitrogen and oxygen atoms in total. The molecule has 0 aliphatic heterocycles. The van der Waals surface area contributed by atoms with Crippen molar-refractivity contribution in [2.45, 2.75) is 19.1 Å². The van der Waals surface area contributed by atoms with Crippen LogP contribution in [0.4, 0.5) is 0 Å². The molecule has 0 aliphatic rings. The lowest BCUT2D eigenvalue weighted by Gasteiger charge is -2.10. The second-order valence-corrected chi connectivity index (χ2v) is 6.67. The number of carboxylic acids is 1. The van der Waals surface area contributed by atoms with Crippen molar-refractivity contribution < 1.29 is 19.4 Å².